The van der Waals surface area contributed by atoms with Gasteiger partial charge in [0.1, 0.15) is 5.82 Å². The van der Waals surface area contributed by atoms with Crippen LogP contribution in [0.5, 0.6) is 0 Å². The molecule has 106 valence electrons. The lowest BCUT2D eigenvalue weighted by molar-refractivity contribution is 0.0965. The minimum Gasteiger partial charge on any atom is -0.357 e. The fourth-order valence-corrected chi connectivity index (χ4v) is 3.70. The van der Waals surface area contributed by atoms with Crippen LogP contribution in [0.2, 0.25) is 0 Å². The van der Waals surface area contributed by atoms with E-state index in [9.17, 15) is 4.79 Å². The van der Waals surface area contributed by atoms with Gasteiger partial charge in [-0.25, -0.2) is 4.98 Å². The first-order chi connectivity index (χ1) is 9.70. The Morgan fingerprint density at radius 1 is 1.35 bits per heavy atom. The summed E-state index contributed by atoms with van der Waals surface area (Å²) in [7, 11) is 1.66. The number of aromatic nitrogens is 1. The van der Waals surface area contributed by atoms with E-state index in [1.165, 1.54) is 24.8 Å². The number of anilines is 1. The maximum atomic E-state index is 11.9. The molecule has 2 aromatic rings. The molecule has 0 unspecified atom stereocenters. The Hall–Kier alpha value is -1.62. The van der Waals surface area contributed by atoms with E-state index in [-0.39, 0.29) is 5.91 Å². The number of nitrogens with one attached hydrogen (secondary N) is 1. The number of piperidine rings is 1. The van der Waals surface area contributed by atoms with Crippen LogP contribution in [-0.2, 0) is 0 Å². The summed E-state index contributed by atoms with van der Waals surface area (Å²) in [6, 6.07) is 2.15. The number of carbonyl (C=O) groups is 1. The highest BCUT2D eigenvalue weighted by atomic mass is 32.1. The largest absolute Gasteiger partial charge is 0.357 e. The molecule has 0 spiro atoms. The molecule has 1 fully saturated rings. The van der Waals surface area contributed by atoms with Gasteiger partial charge in [0.15, 0.2) is 0 Å². The molecule has 2 aromatic heterocycles. The summed E-state index contributed by atoms with van der Waals surface area (Å²) in [5.74, 6) is 0.956. The molecule has 0 bridgehead atoms. The van der Waals surface area contributed by atoms with E-state index < -0.39 is 0 Å². The Bertz CT molecular complexity index is 644. The van der Waals surface area contributed by atoms with Gasteiger partial charge in [-0.1, -0.05) is 0 Å². The average molecular weight is 289 g/mol. The zero-order valence-electron chi connectivity index (χ0n) is 11.9. The van der Waals surface area contributed by atoms with Crippen molar-refractivity contribution < 1.29 is 4.79 Å². The number of thiophene rings is 1. The Kier molecular flexibility index (Phi) is 3.61. The van der Waals surface area contributed by atoms with Gasteiger partial charge in [-0.3, -0.25) is 4.79 Å². The molecular formula is C15H19N3OS. The monoisotopic (exact) mass is 289 g/mol. The van der Waals surface area contributed by atoms with Gasteiger partial charge in [0.2, 0.25) is 0 Å². The van der Waals surface area contributed by atoms with E-state index in [0.717, 1.165) is 29.1 Å². The van der Waals surface area contributed by atoms with Crippen molar-refractivity contribution in [1.29, 1.82) is 0 Å². The van der Waals surface area contributed by atoms with Crippen LogP contribution in [0.4, 0.5) is 5.82 Å². The topological polar surface area (TPSA) is 45.2 Å². The maximum Gasteiger partial charge on any atom is 0.254 e. The Balaban J connectivity index is 2.08. The van der Waals surface area contributed by atoms with E-state index in [2.05, 4.69) is 23.2 Å². The van der Waals surface area contributed by atoms with Crippen molar-refractivity contribution >= 4 is 33.3 Å². The number of pyridine rings is 1. The summed E-state index contributed by atoms with van der Waals surface area (Å²) in [6.45, 7) is 4.23. The van der Waals surface area contributed by atoms with Crippen molar-refractivity contribution in [3.63, 3.8) is 0 Å². The van der Waals surface area contributed by atoms with Crippen molar-refractivity contribution in [2.45, 2.75) is 26.2 Å². The zero-order valence-corrected chi connectivity index (χ0v) is 12.7. The number of hydrogen-bond acceptors (Lipinski definition) is 4. The Morgan fingerprint density at radius 3 is 2.80 bits per heavy atom. The fraction of sp³-hybridized carbons (Fsp3) is 0.467. The molecule has 0 aliphatic carbocycles. The number of hydrogen-bond donors (Lipinski definition) is 1. The lowest BCUT2D eigenvalue weighted by Crippen LogP contribution is -2.30. The van der Waals surface area contributed by atoms with E-state index in [1.54, 1.807) is 18.4 Å². The third kappa shape index (κ3) is 2.26. The summed E-state index contributed by atoms with van der Waals surface area (Å²) in [6.07, 6.45) is 3.76. The van der Waals surface area contributed by atoms with Crippen molar-refractivity contribution in [1.82, 2.24) is 10.3 Å². The lowest BCUT2D eigenvalue weighted by atomic mass is 10.1. The van der Waals surface area contributed by atoms with Gasteiger partial charge < -0.3 is 10.2 Å². The number of fused-ring (bicyclic) bond motifs is 1. The summed E-state index contributed by atoms with van der Waals surface area (Å²) in [5, 5.41) is 4.60. The van der Waals surface area contributed by atoms with Crippen molar-refractivity contribution in [3.05, 3.63) is 22.6 Å². The summed E-state index contributed by atoms with van der Waals surface area (Å²) < 4.78 is 1.12. The molecule has 1 saturated heterocycles. The molecular weight excluding hydrogens is 270 g/mol. The molecule has 20 heavy (non-hydrogen) atoms. The van der Waals surface area contributed by atoms with Gasteiger partial charge in [0.25, 0.3) is 5.91 Å². The second kappa shape index (κ2) is 5.40. The van der Waals surface area contributed by atoms with Gasteiger partial charge in [-0.15, -0.1) is 11.3 Å². The van der Waals surface area contributed by atoms with Crippen LogP contribution in [0.25, 0.3) is 10.2 Å². The van der Waals surface area contributed by atoms with Crippen molar-refractivity contribution in [3.8, 4) is 0 Å². The van der Waals surface area contributed by atoms with E-state index in [0.29, 0.717) is 5.56 Å². The van der Waals surface area contributed by atoms with Gasteiger partial charge in [0, 0.05) is 25.5 Å². The third-order valence-corrected chi connectivity index (χ3v) is 4.95. The van der Waals surface area contributed by atoms with Crippen LogP contribution in [0.15, 0.2) is 11.4 Å². The molecule has 1 N–H and O–H groups in total. The summed E-state index contributed by atoms with van der Waals surface area (Å²) >= 11 is 1.60. The first kappa shape index (κ1) is 13.4. The van der Waals surface area contributed by atoms with Crippen LogP contribution in [-0.4, -0.2) is 31.0 Å². The average Bonchev–Trinajstić information content (AvgIpc) is 2.92. The minimum atomic E-state index is -0.0565. The van der Waals surface area contributed by atoms with Crippen LogP contribution in [0.1, 0.15) is 35.2 Å². The fourth-order valence-electron chi connectivity index (χ4n) is 2.73. The predicted octanol–water partition coefficient (Wildman–Crippen LogP) is 2.95. The SMILES string of the molecule is CNC(=O)c1csc2c(C)cc(N3CCCCC3)nc12. The predicted molar refractivity (Wildman–Crippen MR) is 83.8 cm³/mol. The number of aryl methyl sites for hydroxylation is 1. The highest BCUT2D eigenvalue weighted by Gasteiger charge is 2.18. The third-order valence-electron chi connectivity index (χ3n) is 3.85. The molecule has 4 nitrogen and oxygen atoms in total. The molecule has 1 aliphatic heterocycles. The smallest absolute Gasteiger partial charge is 0.254 e. The molecule has 1 amide bonds. The highest BCUT2D eigenvalue weighted by Crippen LogP contribution is 2.31. The highest BCUT2D eigenvalue weighted by molar-refractivity contribution is 7.17. The summed E-state index contributed by atoms with van der Waals surface area (Å²) in [5.41, 5.74) is 2.74. The van der Waals surface area contributed by atoms with E-state index in [1.807, 2.05) is 5.38 Å². The Morgan fingerprint density at radius 2 is 2.10 bits per heavy atom. The Labute approximate surface area is 122 Å². The second-order valence-corrected chi connectivity index (χ2v) is 6.13. The first-order valence-electron chi connectivity index (χ1n) is 7.06. The first-order valence-corrected chi connectivity index (χ1v) is 7.94. The molecule has 0 aromatic carbocycles. The molecule has 0 saturated carbocycles. The maximum absolute atomic E-state index is 11.9. The molecule has 3 rings (SSSR count). The second-order valence-electron chi connectivity index (χ2n) is 5.25. The van der Waals surface area contributed by atoms with Crippen molar-refractivity contribution in [2.75, 3.05) is 25.0 Å². The minimum absolute atomic E-state index is 0.0565. The molecule has 0 radical (unpaired) electrons. The number of carbonyl (C=O) groups excluding carboxylic acids is 1. The lowest BCUT2D eigenvalue weighted by Gasteiger charge is -2.28. The number of amides is 1. The van der Waals surface area contributed by atoms with Crippen molar-refractivity contribution in [2.24, 2.45) is 0 Å². The molecule has 5 heteroatoms. The van der Waals surface area contributed by atoms with Gasteiger partial charge >= 0.3 is 0 Å². The van der Waals surface area contributed by atoms with Gasteiger partial charge in [-0.2, -0.15) is 0 Å². The molecule has 0 atom stereocenters. The zero-order chi connectivity index (χ0) is 14.1. The molecule has 1 aliphatic rings. The van der Waals surface area contributed by atoms with E-state index in [4.69, 9.17) is 4.98 Å². The normalized spacial score (nSPS) is 15.6. The van der Waals surface area contributed by atoms with Crippen LogP contribution >= 0.6 is 11.3 Å². The quantitative estimate of drug-likeness (QED) is 0.924. The van der Waals surface area contributed by atoms with Crippen LogP contribution < -0.4 is 10.2 Å². The summed E-state index contributed by atoms with van der Waals surface area (Å²) in [4.78, 5) is 19.0. The number of nitrogens with zero attached hydrogens (tertiary/aromatic N) is 2. The van der Waals surface area contributed by atoms with Crippen LogP contribution in [0.3, 0.4) is 0 Å². The van der Waals surface area contributed by atoms with Crippen LogP contribution in [0, 0.1) is 6.92 Å². The number of rotatable bonds is 2. The van der Waals surface area contributed by atoms with E-state index >= 15 is 0 Å². The standard InChI is InChI=1S/C15H19N3OS/c1-10-8-12(18-6-4-3-5-7-18)17-13-11(15(19)16-2)9-20-14(10)13/h8-9H,3-7H2,1-2H3,(H,16,19). The van der Waals surface area contributed by atoms with Gasteiger partial charge in [-0.05, 0) is 37.8 Å². The molecule has 3 heterocycles. The van der Waals surface area contributed by atoms with Gasteiger partial charge in [0.05, 0.1) is 15.8 Å².